The van der Waals surface area contributed by atoms with Gasteiger partial charge in [-0.25, -0.2) is 13.6 Å². The van der Waals surface area contributed by atoms with Gasteiger partial charge in [0.15, 0.2) is 0 Å². The van der Waals surface area contributed by atoms with Crippen LogP contribution in [0.2, 0.25) is 0 Å². The molecule has 2 fully saturated rings. The van der Waals surface area contributed by atoms with Crippen molar-refractivity contribution in [2.24, 2.45) is 5.14 Å². The summed E-state index contributed by atoms with van der Waals surface area (Å²) in [6.45, 7) is 4.59. The molecule has 0 spiro atoms. The lowest BCUT2D eigenvalue weighted by Crippen LogP contribution is -2.39. The molecule has 1 amide bonds. The molecule has 3 N–H and O–H groups in total. The summed E-state index contributed by atoms with van der Waals surface area (Å²) in [6.07, 6.45) is 3.86. The molecule has 0 unspecified atom stereocenters. The minimum absolute atomic E-state index is 0.0743. The van der Waals surface area contributed by atoms with E-state index >= 15 is 0 Å². The van der Waals surface area contributed by atoms with Crippen molar-refractivity contribution in [2.75, 3.05) is 50.8 Å². The third-order valence-corrected chi connectivity index (χ3v) is 6.71. The van der Waals surface area contributed by atoms with Gasteiger partial charge in [0.2, 0.25) is 10.0 Å². The van der Waals surface area contributed by atoms with Crippen LogP contribution in [0.1, 0.15) is 35.0 Å². The standard InChI is InChI=1S/C21H28N4O5S/c22-31(27,28)16-5-6-18(25-9-12-29-13-10-25)17(14-16)21(26)23-15-19(20-4-3-11-30-20)24-7-1-2-8-24/h3-6,11,14,19H,1-2,7-10,12-13,15H2,(H,23,26)(H2,22,27,28)/t19-/m1/s1. The number of amides is 1. The fourth-order valence-corrected chi connectivity index (χ4v) is 4.72. The molecule has 2 aromatic rings. The van der Waals surface area contributed by atoms with E-state index in [1.54, 1.807) is 12.3 Å². The first-order valence-corrected chi connectivity index (χ1v) is 12.0. The van der Waals surface area contributed by atoms with Gasteiger partial charge in [-0.2, -0.15) is 0 Å². The predicted octanol–water partition coefficient (Wildman–Crippen LogP) is 1.33. The molecule has 1 atom stereocenters. The van der Waals surface area contributed by atoms with Crippen molar-refractivity contribution in [2.45, 2.75) is 23.8 Å². The van der Waals surface area contributed by atoms with E-state index < -0.39 is 10.0 Å². The molecule has 3 heterocycles. The maximum atomic E-state index is 13.2. The smallest absolute Gasteiger partial charge is 0.253 e. The fourth-order valence-electron chi connectivity index (χ4n) is 4.18. The molecule has 0 bridgehead atoms. The van der Waals surface area contributed by atoms with Gasteiger partial charge in [0, 0.05) is 25.3 Å². The zero-order valence-electron chi connectivity index (χ0n) is 17.3. The number of nitrogens with one attached hydrogen (secondary N) is 1. The normalized spacial score (nSPS) is 18.8. The van der Waals surface area contributed by atoms with Crippen LogP contribution in [0, 0.1) is 0 Å². The van der Waals surface area contributed by atoms with E-state index in [9.17, 15) is 13.2 Å². The SMILES string of the molecule is NS(=O)(=O)c1ccc(N2CCOCC2)c(C(=O)NC[C@H](c2ccco2)N2CCCC2)c1. The predicted molar refractivity (Wildman–Crippen MR) is 115 cm³/mol. The van der Waals surface area contributed by atoms with Crippen LogP contribution < -0.4 is 15.4 Å². The highest BCUT2D eigenvalue weighted by Gasteiger charge is 2.27. The third-order valence-electron chi connectivity index (χ3n) is 5.80. The van der Waals surface area contributed by atoms with E-state index in [1.165, 1.54) is 12.1 Å². The van der Waals surface area contributed by atoms with Crippen LogP contribution in [-0.2, 0) is 14.8 Å². The lowest BCUT2D eigenvalue weighted by Gasteiger charge is -2.31. The maximum Gasteiger partial charge on any atom is 0.253 e. The molecule has 168 valence electrons. The lowest BCUT2D eigenvalue weighted by atomic mass is 10.1. The summed E-state index contributed by atoms with van der Waals surface area (Å²) >= 11 is 0. The molecule has 2 aliphatic rings. The molecule has 10 heteroatoms. The Hall–Kier alpha value is -2.40. The Kier molecular flexibility index (Phi) is 6.61. The Balaban J connectivity index is 1.58. The monoisotopic (exact) mass is 448 g/mol. The number of primary sulfonamides is 1. The van der Waals surface area contributed by atoms with Gasteiger partial charge in [0.05, 0.1) is 36.0 Å². The van der Waals surface area contributed by atoms with E-state index in [0.29, 0.717) is 38.5 Å². The van der Waals surface area contributed by atoms with Crippen LogP contribution in [0.25, 0.3) is 0 Å². The van der Waals surface area contributed by atoms with Gasteiger partial charge in [-0.15, -0.1) is 0 Å². The van der Waals surface area contributed by atoms with Crippen molar-refractivity contribution in [1.29, 1.82) is 0 Å². The highest BCUT2D eigenvalue weighted by atomic mass is 32.2. The van der Waals surface area contributed by atoms with E-state index in [1.807, 2.05) is 17.0 Å². The van der Waals surface area contributed by atoms with Crippen LogP contribution in [0.15, 0.2) is 45.9 Å². The molecule has 31 heavy (non-hydrogen) atoms. The summed E-state index contributed by atoms with van der Waals surface area (Å²) in [4.78, 5) is 17.5. The summed E-state index contributed by atoms with van der Waals surface area (Å²) in [5.41, 5.74) is 0.956. The number of anilines is 1. The Labute approximate surface area is 182 Å². The zero-order chi connectivity index (χ0) is 21.8. The number of ether oxygens (including phenoxy) is 1. The summed E-state index contributed by atoms with van der Waals surface area (Å²) in [5, 5.41) is 8.30. The summed E-state index contributed by atoms with van der Waals surface area (Å²) in [5.74, 6) is 0.455. The van der Waals surface area contributed by atoms with Crippen LogP contribution in [-0.4, -0.2) is 65.2 Å². The number of sulfonamides is 1. The summed E-state index contributed by atoms with van der Waals surface area (Å²) < 4.78 is 34.8. The first-order chi connectivity index (χ1) is 14.9. The highest BCUT2D eigenvalue weighted by Crippen LogP contribution is 2.27. The number of nitrogens with zero attached hydrogens (tertiary/aromatic N) is 2. The molecule has 1 aromatic carbocycles. The Morgan fingerprint density at radius 3 is 2.52 bits per heavy atom. The molecule has 0 radical (unpaired) electrons. The maximum absolute atomic E-state index is 13.2. The number of hydrogen-bond acceptors (Lipinski definition) is 7. The largest absolute Gasteiger partial charge is 0.468 e. The van der Waals surface area contributed by atoms with Gasteiger partial charge in [0.1, 0.15) is 5.76 Å². The topological polar surface area (TPSA) is 118 Å². The third kappa shape index (κ3) is 5.09. The molecular weight excluding hydrogens is 420 g/mol. The summed E-state index contributed by atoms with van der Waals surface area (Å²) in [7, 11) is -3.93. The minimum atomic E-state index is -3.93. The first kappa shape index (κ1) is 21.8. The van der Waals surface area contributed by atoms with Crippen molar-refractivity contribution in [3.63, 3.8) is 0 Å². The molecule has 1 aromatic heterocycles. The summed E-state index contributed by atoms with van der Waals surface area (Å²) in [6, 6.07) is 8.11. The number of carbonyl (C=O) groups excluding carboxylic acids is 1. The second-order valence-electron chi connectivity index (χ2n) is 7.81. The van der Waals surface area contributed by atoms with E-state index in [4.69, 9.17) is 14.3 Å². The van der Waals surface area contributed by atoms with Gasteiger partial charge in [0.25, 0.3) is 5.91 Å². The van der Waals surface area contributed by atoms with Crippen molar-refractivity contribution >= 4 is 21.6 Å². The molecule has 0 aliphatic carbocycles. The average molecular weight is 449 g/mol. The van der Waals surface area contributed by atoms with E-state index in [-0.39, 0.29) is 22.4 Å². The van der Waals surface area contributed by atoms with E-state index in [0.717, 1.165) is 31.7 Å². The lowest BCUT2D eigenvalue weighted by molar-refractivity contribution is 0.0932. The van der Waals surface area contributed by atoms with Crippen molar-refractivity contribution in [1.82, 2.24) is 10.2 Å². The minimum Gasteiger partial charge on any atom is -0.468 e. The van der Waals surface area contributed by atoms with Crippen molar-refractivity contribution in [3.8, 4) is 0 Å². The Morgan fingerprint density at radius 2 is 1.87 bits per heavy atom. The molecule has 0 saturated carbocycles. The highest BCUT2D eigenvalue weighted by molar-refractivity contribution is 7.89. The van der Waals surface area contributed by atoms with Crippen LogP contribution >= 0.6 is 0 Å². The second kappa shape index (κ2) is 9.39. The molecule has 2 saturated heterocycles. The van der Waals surface area contributed by atoms with Crippen molar-refractivity contribution < 1.29 is 22.4 Å². The van der Waals surface area contributed by atoms with Gasteiger partial charge in [-0.1, -0.05) is 0 Å². The van der Waals surface area contributed by atoms with Crippen molar-refractivity contribution in [3.05, 3.63) is 47.9 Å². The van der Waals surface area contributed by atoms with Crippen LogP contribution in [0.4, 0.5) is 5.69 Å². The van der Waals surface area contributed by atoms with Crippen LogP contribution in [0.5, 0.6) is 0 Å². The molecule has 4 rings (SSSR count). The number of likely N-dealkylation sites (tertiary alicyclic amines) is 1. The van der Waals surface area contributed by atoms with Crippen LogP contribution in [0.3, 0.4) is 0 Å². The zero-order valence-corrected chi connectivity index (χ0v) is 18.1. The average Bonchev–Trinajstić information content (AvgIpc) is 3.48. The number of hydrogen-bond donors (Lipinski definition) is 2. The number of furan rings is 1. The Morgan fingerprint density at radius 1 is 1.13 bits per heavy atom. The molecule has 2 aliphatic heterocycles. The first-order valence-electron chi connectivity index (χ1n) is 10.5. The number of benzene rings is 1. The number of nitrogens with two attached hydrogens (primary N) is 1. The Bertz CT molecular complexity index is 997. The molecular formula is C21H28N4O5S. The number of morpholine rings is 1. The second-order valence-corrected chi connectivity index (χ2v) is 9.37. The van der Waals surface area contributed by atoms with E-state index in [2.05, 4.69) is 10.2 Å². The van der Waals surface area contributed by atoms with Gasteiger partial charge < -0.3 is 19.4 Å². The fraction of sp³-hybridized carbons (Fsp3) is 0.476. The van der Waals surface area contributed by atoms with Gasteiger partial charge in [-0.3, -0.25) is 9.69 Å². The quantitative estimate of drug-likeness (QED) is 0.656. The number of rotatable bonds is 7. The number of carbonyl (C=O) groups is 1. The molecule has 9 nitrogen and oxygen atoms in total. The van der Waals surface area contributed by atoms with Gasteiger partial charge >= 0.3 is 0 Å². The van der Waals surface area contributed by atoms with Gasteiger partial charge in [-0.05, 0) is 56.3 Å².